The first-order chi connectivity index (χ1) is 12.0. The summed E-state index contributed by atoms with van der Waals surface area (Å²) in [7, 11) is 2.87. The van der Waals surface area contributed by atoms with Crippen LogP contribution in [-0.4, -0.2) is 32.7 Å². The molecule has 2 rings (SSSR count). The summed E-state index contributed by atoms with van der Waals surface area (Å²) >= 11 is 5.91. The lowest BCUT2D eigenvalue weighted by Gasteiger charge is -2.12. The zero-order valence-electron chi connectivity index (χ0n) is 13.7. The summed E-state index contributed by atoms with van der Waals surface area (Å²) in [6, 6.07) is 9.62. The number of anilines is 2. The molecule has 25 heavy (non-hydrogen) atoms. The van der Waals surface area contributed by atoms with Crippen molar-refractivity contribution in [3.8, 4) is 11.5 Å². The lowest BCUT2D eigenvalue weighted by atomic mass is 10.2. The molecule has 3 N–H and O–H groups in total. The number of ether oxygens (including phenoxy) is 3. The maximum absolute atomic E-state index is 12.2. The molecule has 0 bridgehead atoms. The predicted octanol–water partition coefficient (Wildman–Crippen LogP) is 2.73. The van der Waals surface area contributed by atoms with Gasteiger partial charge in [0.25, 0.3) is 5.91 Å². The summed E-state index contributed by atoms with van der Waals surface area (Å²) in [6.45, 7) is -0.484. The van der Waals surface area contributed by atoms with Gasteiger partial charge in [-0.15, -0.1) is 0 Å². The topological polar surface area (TPSA) is 99.9 Å². The standard InChI is InChI=1S/C17H17ClN2O5/c1-23-14-6-4-3-5-13(14)20-16(21)9-25-17(22)10-7-11(18)12(19)8-15(10)24-2/h3-8H,9,19H2,1-2H3,(H,20,21). The van der Waals surface area contributed by atoms with Gasteiger partial charge in [0.05, 0.1) is 30.6 Å². The molecule has 0 aromatic heterocycles. The third kappa shape index (κ3) is 4.54. The van der Waals surface area contributed by atoms with Gasteiger partial charge in [0.15, 0.2) is 6.61 Å². The average molecular weight is 365 g/mol. The number of nitrogens with two attached hydrogens (primary N) is 1. The van der Waals surface area contributed by atoms with E-state index >= 15 is 0 Å². The summed E-state index contributed by atoms with van der Waals surface area (Å²) in [4.78, 5) is 24.1. The van der Waals surface area contributed by atoms with Gasteiger partial charge in [0, 0.05) is 6.07 Å². The first kappa shape index (κ1) is 18.4. The normalized spacial score (nSPS) is 10.0. The van der Waals surface area contributed by atoms with Gasteiger partial charge in [-0.1, -0.05) is 23.7 Å². The minimum Gasteiger partial charge on any atom is -0.496 e. The van der Waals surface area contributed by atoms with Crippen LogP contribution >= 0.6 is 11.6 Å². The molecule has 132 valence electrons. The van der Waals surface area contributed by atoms with Crippen LogP contribution in [0.4, 0.5) is 11.4 Å². The Morgan fingerprint density at radius 3 is 2.48 bits per heavy atom. The van der Waals surface area contributed by atoms with Crippen LogP contribution in [0.25, 0.3) is 0 Å². The van der Waals surface area contributed by atoms with E-state index in [4.69, 9.17) is 31.5 Å². The highest BCUT2D eigenvalue weighted by molar-refractivity contribution is 6.33. The maximum Gasteiger partial charge on any atom is 0.342 e. The first-order valence-corrected chi connectivity index (χ1v) is 7.57. The molecule has 7 nitrogen and oxygen atoms in total. The summed E-state index contributed by atoms with van der Waals surface area (Å²) < 4.78 is 15.2. The van der Waals surface area contributed by atoms with E-state index in [1.807, 2.05) is 0 Å². The van der Waals surface area contributed by atoms with Gasteiger partial charge in [-0.2, -0.15) is 0 Å². The van der Waals surface area contributed by atoms with Gasteiger partial charge in [0.2, 0.25) is 0 Å². The van der Waals surface area contributed by atoms with E-state index in [2.05, 4.69) is 5.32 Å². The quantitative estimate of drug-likeness (QED) is 0.604. The summed E-state index contributed by atoms with van der Waals surface area (Å²) in [5, 5.41) is 2.79. The molecule has 2 aromatic rings. The Morgan fingerprint density at radius 1 is 1.12 bits per heavy atom. The average Bonchev–Trinajstić information content (AvgIpc) is 2.62. The van der Waals surface area contributed by atoms with E-state index in [9.17, 15) is 9.59 Å². The highest BCUT2D eigenvalue weighted by Gasteiger charge is 2.18. The van der Waals surface area contributed by atoms with E-state index in [1.165, 1.54) is 26.4 Å². The molecule has 2 aromatic carbocycles. The third-order valence-corrected chi connectivity index (χ3v) is 3.58. The van der Waals surface area contributed by atoms with Gasteiger partial charge in [-0.05, 0) is 18.2 Å². The van der Waals surface area contributed by atoms with E-state index < -0.39 is 18.5 Å². The van der Waals surface area contributed by atoms with Gasteiger partial charge in [-0.3, -0.25) is 4.79 Å². The largest absolute Gasteiger partial charge is 0.496 e. The van der Waals surface area contributed by atoms with E-state index in [1.54, 1.807) is 24.3 Å². The van der Waals surface area contributed by atoms with Crippen molar-refractivity contribution in [1.29, 1.82) is 0 Å². The summed E-state index contributed by atoms with van der Waals surface area (Å²) in [6.07, 6.45) is 0. The number of hydrogen-bond donors (Lipinski definition) is 2. The van der Waals surface area contributed by atoms with Crippen LogP contribution in [0.1, 0.15) is 10.4 Å². The molecule has 0 radical (unpaired) electrons. The van der Waals surface area contributed by atoms with Crippen molar-refractivity contribution in [3.05, 3.63) is 47.0 Å². The minimum absolute atomic E-state index is 0.0757. The molecule has 0 aliphatic heterocycles. The Labute approximate surface area is 149 Å². The lowest BCUT2D eigenvalue weighted by Crippen LogP contribution is -2.21. The van der Waals surface area contributed by atoms with Crippen LogP contribution in [0.3, 0.4) is 0 Å². The molecule has 0 heterocycles. The second-order valence-electron chi connectivity index (χ2n) is 4.90. The van der Waals surface area contributed by atoms with Crippen LogP contribution in [-0.2, 0) is 9.53 Å². The number of esters is 1. The van der Waals surface area contributed by atoms with Crippen molar-refractivity contribution in [2.24, 2.45) is 0 Å². The van der Waals surface area contributed by atoms with E-state index in [-0.39, 0.29) is 22.0 Å². The number of halogens is 1. The summed E-state index contributed by atoms with van der Waals surface area (Å²) in [5.74, 6) is -0.571. The molecule has 0 aliphatic carbocycles. The fourth-order valence-corrected chi connectivity index (χ4v) is 2.20. The Balaban J connectivity index is 2.02. The Bertz CT molecular complexity index is 795. The molecule has 0 fully saturated rings. The smallest absolute Gasteiger partial charge is 0.342 e. The molecule has 1 amide bonds. The molecule has 0 atom stereocenters. The molecule has 8 heteroatoms. The fraction of sp³-hybridized carbons (Fsp3) is 0.176. The monoisotopic (exact) mass is 364 g/mol. The first-order valence-electron chi connectivity index (χ1n) is 7.19. The number of hydrogen-bond acceptors (Lipinski definition) is 6. The zero-order valence-corrected chi connectivity index (χ0v) is 14.4. The van der Waals surface area contributed by atoms with Crippen LogP contribution in [0.15, 0.2) is 36.4 Å². The number of carbonyl (C=O) groups excluding carboxylic acids is 2. The predicted molar refractivity (Wildman–Crippen MR) is 94.3 cm³/mol. The maximum atomic E-state index is 12.2. The van der Waals surface area contributed by atoms with E-state index in [0.29, 0.717) is 11.4 Å². The summed E-state index contributed by atoms with van der Waals surface area (Å²) in [5.41, 5.74) is 6.48. The molecule has 0 saturated carbocycles. The SMILES string of the molecule is COc1ccccc1NC(=O)COC(=O)c1cc(Cl)c(N)cc1OC. The zero-order chi connectivity index (χ0) is 18.4. The van der Waals surface area contributed by atoms with Crippen molar-refractivity contribution in [3.63, 3.8) is 0 Å². The fourth-order valence-electron chi connectivity index (χ4n) is 2.04. The number of carbonyl (C=O) groups is 2. The molecule has 0 unspecified atom stereocenters. The molecular weight excluding hydrogens is 348 g/mol. The second-order valence-corrected chi connectivity index (χ2v) is 5.31. The Kier molecular flexibility index (Phi) is 6.08. The number of nitrogens with one attached hydrogen (secondary N) is 1. The Morgan fingerprint density at radius 2 is 1.80 bits per heavy atom. The van der Waals surface area contributed by atoms with Gasteiger partial charge in [0.1, 0.15) is 17.1 Å². The van der Waals surface area contributed by atoms with Crippen LogP contribution in [0, 0.1) is 0 Å². The number of para-hydroxylation sites is 2. The van der Waals surface area contributed by atoms with Crippen LogP contribution < -0.4 is 20.5 Å². The highest BCUT2D eigenvalue weighted by Crippen LogP contribution is 2.29. The van der Waals surface area contributed by atoms with Crippen LogP contribution in [0.2, 0.25) is 5.02 Å². The third-order valence-electron chi connectivity index (χ3n) is 3.25. The Hall–Kier alpha value is -2.93. The van der Waals surface area contributed by atoms with Crippen molar-refractivity contribution < 1.29 is 23.8 Å². The second kappa shape index (κ2) is 8.25. The molecule has 0 saturated heterocycles. The number of methoxy groups -OCH3 is 2. The van der Waals surface area contributed by atoms with Gasteiger partial charge < -0.3 is 25.3 Å². The van der Waals surface area contributed by atoms with Crippen molar-refractivity contribution in [2.45, 2.75) is 0 Å². The van der Waals surface area contributed by atoms with Gasteiger partial charge in [-0.25, -0.2) is 4.79 Å². The van der Waals surface area contributed by atoms with Crippen molar-refractivity contribution in [2.75, 3.05) is 31.9 Å². The number of rotatable bonds is 6. The number of benzene rings is 2. The van der Waals surface area contributed by atoms with E-state index in [0.717, 1.165) is 0 Å². The van der Waals surface area contributed by atoms with Crippen LogP contribution in [0.5, 0.6) is 11.5 Å². The number of amides is 1. The highest BCUT2D eigenvalue weighted by atomic mass is 35.5. The van der Waals surface area contributed by atoms with Crippen molar-refractivity contribution in [1.82, 2.24) is 0 Å². The minimum atomic E-state index is -0.756. The lowest BCUT2D eigenvalue weighted by molar-refractivity contribution is -0.119. The molecular formula is C17H17ClN2O5. The van der Waals surface area contributed by atoms with Crippen molar-refractivity contribution >= 4 is 34.9 Å². The molecule has 0 spiro atoms. The van der Waals surface area contributed by atoms with Gasteiger partial charge >= 0.3 is 5.97 Å². The molecule has 0 aliphatic rings. The number of nitrogen functional groups attached to an aromatic ring is 1.